The molecule has 0 amide bonds. The van der Waals surface area contributed by atoms with Crippen LogP contribution in [0, 0.1) is 6.92 Å². The van der Waals surface area contributed by atoms with E-state index in [0.717, 1.165) is 35.2 Å². The third-order valence-corrected chi connectivity index (χ3v) is 4.24. The standard InChI is InChI=1S/C15H21ClN4S/c1-10(2)17-6-12-5-15(18-7-14(12)16)20(4)8-13-9-21-11(3)19-13/h5,7,9-10,17H,6,8H2,1-4H3. The summed E-state index contributed by atoms with van der Waals surface area (Å²) in [5, 5.41) is 7.25. The molecule has 0 fully saturated rings. The predicted molar refractivity (Wildman–Crippen MR) is 90.2 cm³/mol. The Balaban J connectivity index is 2.09. The van der Waals surface area contributed by atoms with Gasteiger partial charge in [-0.1, -0.05) is 25.4 Å². The molecule has 0 aliphatic heterocycles. The summed E-state index contributed by atoms with van der Waals surface area (Å²) in [6, 6.07) is 2.46. The summed E-state index contributed by atoms with van der Waals surface area (Å²) >= 11 is 7.89. The van der Waals surface area contributed by atoms with Crippen LogP contribution in [0.15, 0.2) is 17.6 Å². The lowest BCUT2D eigenvalue weighted by molar-refractivity contribution is 0.588. The lowest BCUT2D eigenvalue weighted by Gasteiger charge is -2.18. The second-order valence-electron chi connectivity index (χ2n) is 5.38. The Morgan fingerprint density at radius 1 is 1.43 bits per heavy atom. The molecule has 2 aromatic heterocycles. The van der Waals surface area contributed by atoms with Crippen molar-refractivity contribution in [3.63, 3.8) is 0 Å². The van der Waals surface area contributed by atoms with Crippen LogP contribution < -0.4 is 10.2 Å². The van der Waals surface area contributed by atoms with Gasteiger partial charge in [0.25, 0.3) is 0 Å². The number of hydrogen-bond acceptors (Lipinski definition) is 5. The largest absolute Gasteiger partial charge is 0.354 e. The van der Waals surface area contributed by atoms with E-state index in [4.69, 9.17) is 11.6 Å². The molecular weight excluding hydrogens is 304 g/mol. The summed E-state index contributed by atoms with van der Waals surface area (Å²) < 4.78 is 0. The van der Waals surface area contributed by atoms with Gasteiger partial charge >= 0.3 is 0 Å². The second-order valence-corrected chi connectivity index (χ2v) is 6.85. The van der Waals surface area contributed by atoms with Crippen LogP contribution in [0.5, 0.6) is 0 Å². The van der Waals surface area contributed by atoms with Crippen LogP contribution in [-0.4, -0.2) is 23.1 Å². The molecule has 2 aromatic rings. The Morgan fingerprint density at radius 2 is 2.19 bits per heavy atom. The first-order valence-electron chi connectivity index (χ1n) is 6.95. The fourth-order valence-electron chi connectivity index (χ4n) is 1.93. The molecule has 0 bridgehead atoms. The summed E-state index contributed by atoms with van der Waals surface area (Å²) in [5.41, 5.74) is 2.13. The van der Waals surface area contributed by atoms with Crippen LogP contribution in [0.3, 0.4) is 0 Å². The van der Waals surface area contributed by atoms with Crippen LogP contribution in [0.1, 0.15) is 30.1 Å². The number of halogens is 1. The van der Waals surface area contributed by atoms with Crippen molar-refractivity contribution in [1.82, 2.24) is 15.3 Å². The van der Waals surface area contributed by atoms with E-state index in [0.29, 0.717) is 11.1 Å². The van der Waals surface area contributed by atoms with Gasteiger partial charge in [-0.05, 0) is 18.6 Å². The summed E-state index contributed by atoms with van der Waals surface area (Å²) in [6.07, 6.45) is 1.72. The number of aromatic nitrogens is 2. The van der Waals surface area contributed by atoms with Crippen molar-refractivity contribution in [3.05, 3.63) is 38.9 Å². The van der Waals surface area contributed by atoms with Crippen LogP contribution in [0.25, 0.3) is 0 Å². The highest BCUT2D eigenvalue weighted by Crippen LogP contribution is 2.21. The lowest BCUT2D eigenvalue weighted by Crippen LogP contribution is -2.23. The first-order chi connectivity index (χ1) is 9.95. The van der Waals surface area contributed by atoms with E-state index in [9.17, 15) is 0 Å². The van der Waals surface area contributed by atoms with Gasteiger partial charge in [0.1, 0.15) is 5.82 Å². The zero-order valence-corrected chi connectivity index (χ0v) is 14.4. The van der Waals surface area contributed by atoms with E-state index >= 15 is 0 Å². The molecule has 0 aromatic carbocycles. The van der Waals surface area contributed by atoms with E-state index in [1.165, 1.54) is 0 Å². The molecule has 0 aliphatic carbocycles. The van der Waals surface area contributed by atoms with Gasteiger partial charge in [-0.3, -0.25) is 0 Å². The number of pyridine rings is 1. The molecule has 0 saturated heterocycles. The second kappa shape index (κ2) is 7.20. The SMILES string of the molecule is Cc1nc(CN(C)c2cc(CNC(C)C)c(Cl)cn2)cs1. The first-order valence-corrected chi connectivity index (χ1v) is 8.21. The van der Waals surface area contributed by atoms with E-state index in [2.05, 4.69) is 39.4 Å². The maximum absolute atomic E-state index is 6.22. The molecule has 21 heavy (non-hydrogen) atoms. The van der Waals surface area contributed by atoms with Gasteiger partial charge in [0.05, 0.1) is 22.3 Å². The van der Waals surface area contributed by atoms with Gasteiger partial charge in [0.15, 0.2) is 0 Å². The number of nitrogens with one attached hydrogen (secondary N) is 1. The van der Waals surface area contributed by atoms with E-state index in [1.54, 1.807) is 17.5 Å². The van der Waals surface area contributed by atoms with Gasteiger partial charge in [0, 0.05) is 31.2 Å². The van der Waals surface area contributed by atoms with Crippen LogP contribution in [-0.2, 0) is 13.1 Å². The average Bonchev–Trinajstić information content (AvgIpc) is 2.83. The molecule has 0 unspecified atom stereocenters. The summed E-state index contributed by atoms with van der Waals surface area (Å²) in [7, 11) is 2.02. The highest BCUT2D eigenvalue weighted by molar-refractivity contribution is 7.09. The van der Waals surface area contributed by atoms with Crippen LogP contribution >= 0.6 is 22.9 Å². The zero-order valence-electron chi connectivity index (χ0n) is 12.9. The van der Waals surface area contributed by atoms with Gasteiger partial charge in [0.2, 0.25) is 0 Å². The Bertz CT molecular complexity index is 597. The number of rotatable bonds is 6. The molecule has 0 aliphatic rings. The molecule has 4 nitrogen and oxygen atoms in total. The van der Waals surface area contributed by atoms with E-state index in [-0.39, 0.29) is 0 Å². The molecule has 1 N–H and O–H groups in total. The number of aryl methyl sites for hydroxylation is 1. The molecule has 0 atom stereocenters. The van der Waals surface area contributed by atoms with Crippen molar-refractivity contribution < 1.29 is 0 Å². The van der Waals surface area contributed by atoms with Gasteiger partial charge < -0.3 is 10.2 Å². The lowest BCUT2D eigenvalue weighted by atomic mass is 10.2. The van der Waals surface area contributed by atoms with Crippen LogP contribution in [0.2, 0.25) is 5.02 Å². The minimum absolute atomic E-state index is 0.424. The molecule has 2 heterocycles. The molecule has 2 rings (SSSR count). The summed E-state index contributed by atoms with van der Waals surface area (Å²) in [5.74, 6) is 0.908. The minimum atomic E-state index is 0.424. The third-order valence-electron chi connectivity index (χ3n) is 3.08. The van der Waals surface area contributed by atoms with Crippen molar-refractivity contribution in [1.29, 1.82) is 0 Å². The highest BCUT2D eigenvalue weighted by atomic mass is 35.5. The third kappa shape index (κ3) is 4.66. The Morgan fingerprint density at radius 3 is 2.81 bits per heavy atom. The zero-order chi connectivity index (χ0) is 15.4. The summed E-state index contributed by atoms with van der Waals surface area (Å²) in [4.78, 5) is 11.0. The van der Waals surface area contributed by atoms with Crippen molar-refractivity contribution in [2.75, 3.05) is 11.9 Å². The fourth-order valence-corrected chi connectivity index (χ4v) is 2.70. The summed E-state index contributed by atoms with van der Waals surface area (Å²) in [6.45, 7) is 7.75. The molecular formula is C15H21ClN4S. The smallest absolute Gasteiger partial charge is 0.128 e. The van der Waals surface area contributed by atoms with E-state index in [1.807, 2.05) is 20.0 Å². The molecule has 114 valence electrons. The molecule has 0 spiro atoms. The fraction of sp³-hybridized carbons (Fsp3) is 0.467. The van der Waals surface area contributed by atoms with Crippen molar-refractivity contribution in [2.45, 2.75) is 39.9 Å². The maximum atomic E-state index is 6.22. The van der Waals surface area contributed by atoms with Crippen molar-refractivity contribution >= 4 is 28.8 Å². The molecule has 6 heteroatoms. The Kier molecular flexibility index (Phi) is 5.56. The average molecular weight is 325 g/mol. The molecule has 0 saturated carbocycles. The number of thiazole rings is 1. The van der Waals surface area contributed by atoms with Gasteiger partial charge in [-0.25, -0.2) is 9.97 Å². The first kappa shape index (κ1) is 16.2. The number of nitrogens with zero attached hydrogens (tertiary/aromatic N) is 3. The topological polar surface area (TPSA) is 41.1 Å². The van der Waals surface area contributed by atoms with E-state index < -0.39 is 0 Å². The van der Waals surface area contributed by atoms with Crippen molar-refractivity contribution in [3.8, 4) is 0 Å². The number of hydrogen-bond donors (Lipinski definition) is 1. The Hall–Kier alpha value is -1.17. The normalized spacial score (nSPS) is 11.1. The highest BCUT2D eigenvalue weighted by Gasteiger charge is 2.09. The van der Waals surface area contributed by atoms with Gasteiger partial charge in [-0.15, -0.1) is 11.3 Å². The van der Waals surface area contributed by atoms with Crippen molar-refractivity contribution in [2.24, 2.45) is 0 Å². The maximum Gasteiger partial charge on any atom is 0.128 e. The monoisotopic (exact) mass is 324 g/mol. The quantitative estimate of drug-likeness (QED) is 0.881. The minimum Gasteiger partial charge on any atom is -0.354 e. The number of anilines is 1. The predicted octanol–water partition coefficient (Wildman–Crippen LogP) is 3.63. The van der Waals surface area contributed by atoms with Crippen LogP contribution in [0.4, 0.5) is 5.82 Å². The molecule has 0 radical (unpaired) electrons. The Labute approximate surface area is 135 Å². The van der Waals surface area contributed by atoms with Gasteiger partial charge in [-0.2, -0.15) is 0 Å².